The summed E-state index contributed by atoms with van der Waals surface area (Å²) in [6, 6.07) is 10.3. The zero-order valence-corrected chi connectivity index (χ0v) is 35.9. The predicted octanol–water partition coefficient (Wildman–Crippen LogP) is 8.83. The van der Waals surface area contributed by atoms with Gasteiger partial charge in [-0.3, -0.25) is 14.0 Å². The van der Waals surface area contributed by atoms with Gasteiger partial charge in [-0.2, -0.15) is 10.4 Å². The molecule has 1 aliphatic heterocycles. The van der Waals surface area contributed by atoms with Gasteiger partial charge in [-0.1, -0.05) is 128 Å². The Morgan fingerprint density at radius 1 is 1.00 bits per heavy atom. The number of rotatable bonds is 29. The van der Waals surface area contributed by atoms with Crippen LogP contribution in [-0.2, 0) is 29.7 Å². The van der Waals surface area contributed by atoms with Crippen molar-refractivity contribution in [3.05, 3.63) is 58.5 Å². The smallest absolute Gasteiger partial charge is 0.387 e. The standard InChI is InChI=1S/C42H64ClN6O8P/c1-3-4-5-6-7-8-9-10-11-12-13-14-15-16-17-18-19-20-35(54-27-33-23-32(26-44)24-34(43)25-33)28-55-58(52,53)56-30-42(29-46-2)40(51)38(50)39(57-42)36-21-22-37-41(45)47-31-48-49(36)37/h21-25,29,31,35,38-40,50-51H,3-20,27-28,30H2,1-2H3,(H,52,53)(H2,45,47,48)/t35-,38+,39+,40+,42-/m1/s1. The summed E-state index contributed by atoms with van der Waals surface area (Å²) >= 11 is 6.21. The number of nitriles is 1. The molecule has 1 unspecified atom stereocenters. The molecule has 2 aromatic heterocycles. The van der Waals surface area contributed by atoms with Crippen LogP contribution in [0.5, 0.6) is 0 Å². The first-order valence-corrected chi connectivity index (χ1v) is 22.9. The van der Waals surface area contributed by atoms with Gasteiger partial charge >= 0.3 is 7.82 Å². The highest BCUT2D eigenvalue weighted by atomic mass is 35.5. The number of halogens is 1. The fraction of sp³-hybridized carbons (Fsp3) is 0.667. The second kappa shape index (κ2) is 25.0. The molecule has 1 fully saturated rings. The largest absolute Gasteiger partial charge is 0.472 e. The number of anilines is 1. The lowest BCUT2D eigenvalue weighted by molar-refractivity contribution is -0.0655. The molecule has 14 nitrogen and oxygen atoms in total. The number of phosphoric acid groups is 1. The van der Waals surface area contributed by atoms with E-state index >= 15 is 0 Å². The van der Waals surface area contributed by atoms with Crippen LogP contribution in [0.4, 0.5) is 5.82 Å². The zero-order chi connectivity index (χ0) is 41.8. The number of aromatic nitrogens is 3. The van der Waals surface area contributed by atoms with Crippen LogP contribution in [0.2, 0.25) is 5.02 Å². The fourth-order valence-corrected chi connectivity index (χ4v) is 8.51. The molecule has 1 aliphatic rings. The van der Waals surface area contributed by atoms with E-state index in [0.717, 1.165) is 25.7 Å². The van der Waals surface area contributed by atoms with E-state index in [1.165, 1.54) is 108 Å². The summed E-state index contributed by atoms with van der Waals surface area (Å²) in [5, 5.41) is 36.2. The molecule has 1 saturated heterocycles. The normalized spacial score (nSPS) is 21.2. The number of aliphatic imine (C=N–C) groups is 1. The number of phosphoric ester groups is 1. The Hall–Kier alpha value is -2.96. The zero-order valence-electron chi connectivity index (χ0n) is 34.2. The van der Waals surface area contributed by atoms with E-state index < -0.39 is 44.4 Å². The van der Waals surface area contributed by atoms with Crippen molar-refractivity contribution in [1.82, 2.24) is 14.6 Å². The lowest BCUT2D eigenvalue weighted by Crippen LogP contribution is -2.48. The van der Waals surface area contributed by atoms with E-state index in [2.05, 4.69) is 28.1 Å². The molecule has 0 spiro atoms. The van der Waals surface area contributed by atoms with Crippen LogP contribution < -0.4 is 5.73 Å². The van der Waals surface area contributed by atoms with Crippen molar-refractivity contribution >= 4 is 37.0 Å². The molecule has 6 atom stereocenters. The van der Waals surface area contributed by atoms with E-state index in [1.54, 1.807) is 30.3 Å². The number of hydrogen-bond donors (Lipinski definition) is 4. The summed E-state index contributed by atoms with van der Waals surface area (Å²) in [4.78, 5) is 18.8. The number of nitrogens with two attached hydrogens (primary N) is 1. The van der Waals surface area contributed by atoms with Crippen LogP contribution in [0.1, 0.15) is 145 Å². The summed E-state index contributed by atoms with van der Waals surface area (Å²) < 4.78 is 37.9. The van der Waals surface area contributed by atoms with Gasteiger partial charge in [0.25, 0.3) is 0 Å². The fourth-order valence-electron chi connectivity index (χ4n) is 7.46. The van der Waals surface area contributed by atoms with Gasteiger partial charge in [0.05, 0.1) is 43.3 Å². The van der Waals surface area contributed by atoms with Gasteiger partial charge in [0, 0.05) is 18.3 Å². The highest BCUT2D eigenvalue weighted by molar-refractivity contribution is 7.47. The highest BCUT2D eigenvalue weighted by Gasteiger charge is 2.55. The second-order valence-electron chi connectivity index (χ2n) is 15.4. The second-order valence-corrected chi connectivity index (χ2v) is 17.3. The van der Waals surface area contributed by atoms with E-state index in [1.807, 2.05) is 0 Å². The molecule has 16 heteroatoms. The average Bonchev–Trinajstić information content (AvgIpc) is 3.74. The van der Waals surface area contributed by atoms with Crippen LogP contribution in [0.3, 0.4) is 0 Å². The van der Waals surface area contributed by atoms with Crippen molar-refractivity contribution in [2.45, 2.75) is 159 Å². The molecule has 3 heterocycles. The molecule has 5 N–H and O–H groups in total. The maximum Gasteiger partial charge on any atom is 0.472 e. The summed E-state index contributed by atoms with van der Waals surface area (Å²) in [5.41, 5.74) is 6.09. The third kappa shape index (κ3) is 14.9. The molecular formula is C42H64ClN6O8P. The number of aliphatic hydroxyl groups is 2. The van der Waals surface area contributed by atoms with Crippen LogP contribution in [-0.4, -0.2) is 80.1 Å². The van der Waals surface area contributed by atoms with Gasteiger partial charge in [-0.25, -0.2) is 14.1 Å². The van der Waals surface area contributed by atoms with E-state index in [0.29, 0.717) is 33.8 Å². The number of nitrogen functional groups attached to an aromatic ring is 1. The minimum Gasteiger partial charge on any atom is -0.387 e. The number of aliphatic hydroxyl groups excluding tert-OH is 2. The molecule has 0 saturated carbocycles. The monoisotopic (exact) mass is 846 g/mol. The Morgan fingerprint density at radius 3 is 2.22 bits per heavy atom. The van der Waals surface area contributed by atoms with Gasteiger partial charge < -0.3 is 30.3 Å². The Labute approximate surface area is 348 Å². The molecule has 0 aliphatic carbocycles. The van der Waals surface area contributed by atoms with Crippen molar-refractivity contribution in [3.63, 3.8) is 0 Å². The third-order valence-corrected chi connectivity index (χ3v) is 11.9. The number of nitrogens with zero attached hydrogens (tertiary/aromatic N) is 5. The van der Waals surface area contributed by atoms with Crippen LogP contribution in [0.15, 0.2) is 41.7 Å². The summed E-state index contributed by atoms with van der Waals surface area (Å²) in [6.45, 7) is 1.44. The highest BCUT2D eigenvalue weighted by Crippen LogP contribution is 2.47. The Morgan fingerprint density at radius 2 is 1.62 bits per heavy atom. The lowest BCUT2D eigenvalue weighted by atomic mass is 9.96. The van der Waals surface area contributed by atoms with Gasteiger partial charge in [0.15, 0.2) is 11.4 Å². The molecule has 58 heavy (non-hydrogen) atoms. The Bertz CT molecular complexity index is 1790. The number of fused-ring (bicyclic) bond motifs is 1. The number of ether oxygens (including phenoxy) is 2. The maximum absolute atomic E-state index is 13.3. The van der Waals surface area contributed by atoms with Crippen LogP contribution in [0.25, 0.3) is 5.52 Å². The predicted molar refractivity (Wildman–Crippen MR) is 226 cm³/mol. The molecule has 3 aromatic rings. The van der Waals surface area contributed by atoms with E-state index in [-0.39, 0.29) is 19.0 Å². The maximum atomic E-state index is 13.3. The first kappa shape index (κ1) is 47.7. The van der Waals surface area contributed by atoms with Gasteiger partial charge in [-0.05, 0) is 42.3 Å². The van der Waals surface area contributed by atoms with Crippen molar-refractivity contribution in [2.24, 2.45) is 4.99 Å². The van der Waals surface area contributed by atoms with Crippen molar-refractivity contribution in [2.75, 3.05) is 26.0 Å². The lowest BCUT2D eigenvalue weighted by Gasteiger charge is -2.28. The molecular weight excluding hydrogens is 783 g/mol. The van der Waals surface area contributed by atoms with Crippen molar-refractivity contribution < 1.29 is 38.2 Å². The Balaban J connectivity index is 1.25. The van der Waals surface area contributed by atoms with Crippen molar-refractivity contribution in [1.29, 1.82) is 5.26 Å². The van der Waals surface area contributed by atoms with Gasteiger partial charge in [0.1, 0.15) is 30.2 Å². The summed E-state index contributed by atoms with van der Waals surface area (Å²) in [7, 11) is -3.31. The third-order valence-electron chi connectivity index (χ3n) is 10.7. The first-order valence-electron chi connectivity index (χ1n) is 21.0. The number of unbranched alkanes of at least 4 members (excludes halogenated alkanes) is 16. The van der Waals surface area contributed by atoms with E-state index in [9.17, 15) is 24.9 Å². The topological polar surface area (TPSA) is 207 Å². The first-order chi connectivity index (χ1) is 28.0. The minimum atomic E-state index is -4.75. The van der Waals surface area contributed by atoms with Gasteiger partial charge in [0.2, 0.25) is 0 Å². The molecule has 4 rings (SSSR count). The molecule has 0 radical (unpaired) electrons. The van der Waals surface area contributed by atoms with E-state index in [4.69, 9.17) is 35.9 Å². The number of benzene rings is 1. The summed E-state index contributed by atoms with van der Waals surface area (Å²) in [6.07, 6.45) is 19.6. The Kier molecular flexibility index (Phi) is 20.5. The molecule has 0 bridgehead atoms. The number of hydrogen-bond acceptors (Lipinski definition) is 12. The average molecular weight is 847 g/mol. The van der Waals surface area contributed by atoms with Gasteiger partial charge in [-0.15, -0.1) is 0 Å². The van der Waals surface area contributed by atoms with Crippen molar-refractivity contribution in [3.8, 4) is 6.07 Å². The van der Waals surface area contributed by atoms with Crippen LogP contribution in [0, 0.1) is 11.3 Å². The van der Waals surface area contributed by atoms with Crippen LogP contribution >= 0.6 is 19.4 Å². The SMILES string of the molecule is CCCCCCCCCCCCCCCCCCC[C@H](COP(=O)(O)OC[C@@]1(C=NC)O[C@@H](c2ccc3c(N)ncnn23)[C@H](O)[C@@H]1O)OCc1cc(Cl)cc(C#N)c1. The molecule has 1 aromatic carbocycles. The quantitative estimate of drug-likeness (QED) is 0.0294. The summed E-state index contributed by atoms with van der Waals surface area (Å²) in [5.74, 6) is 0.212. The molecule has 322 valence electrons. The minimum absolute atomic E-state index is 0.110. The molecule has 0 amide bonds.